The van der Waals surface area contributed by atoms with Crippen molar-refractivity contribution in [2.24, 2.45) is 5.92 Å². The predicted octanol–water partition coefficient (Wildman–Crippen LogP) is 11.8. The number of aryl methyl sites for hydroxylation is 2. The van der Waals surface area contributed by atoms with Crippen LogP contribution in [0.5, 0.6) is 0 Å². The van der Waals surface area contributed by atoms with Gasteiger partial charge in [0.25, 0.3) is 0 Å². The molecule has 4 nitrogen and oxygen atoms in total. The molecule has 0 saturated heterocycles. The fourth-order valence-corrected chi connectivity index (χ4v) is 7.21. The average Bonchev–Trinajstić information content (AvgIpc) is 3.53. The van der Waals surface area contributed by atoms with Crippen molar-refractivity contribution < 1.29 is 24.5 Å². The number of fused-ring (bicyclic) bond motifs is 3. The van der Waals surface area contributed by atoms with Crippen LogP contribution in [0.4, 0.5) is 0 Å². The molecule has 1 radical (unpaired) electrons. The van der Waals surface area contributed by atoms with Crippen LogP contribution in [-0.2, 0) is 32.9 Å². The van der Waals surface area contributed by atoms with E-state index >= 15 is 0 Å². The third kappa shape index (κ3) is 8.55. The SMILES string of the molecule is Cc1cc2oc3c(-c4cc(C(C)C)ccn4)[c-]ccc3c2c(Cc2ccccc2)n1.Cc1cnc(-c2[c-]cccc2)cc1CC1CCCCC1.[Ir]. The van der Waals surface area contributed by atoms with E-state index in [0.29, 0.717) is 5.92 Å². The third-order valence-corrected chi connectivity index (χ3v) is 9.97. The number of hydrogen-bond acceptors (Lipinski definition) is 4. The van der Waals surface area contributed by atoms with Gasteiger partial charge in [-0.05, 0) is 60.7 Å². The second kappa shape index (κ2) is 16.7. The largest absolute Gasteiger partial charge is 0.500 e. The minimum atomic E-state index is 0. The topological polar surface area (TPSA) is 51.8 Å². The van der Waals surface area contributed by atoms with Gasteiger partial charge >= 0.3 is 0 Å². The molecular weight excluding hydrogens is 803 g/mol. The van der Waals surface area contributed by atoms with Gasteiger partial charge in [0, 0.05) is 56.1 Å². The van der Waals surface area contributed by atoms with Gasteiger partial charge in [0.05, 0.1) is 11.3 Å². The Kier molecular flexibility index (Phi) is 11.9. The maximum Gasteiger partial charge on any atom is 0.124 e. The Labute approximate surface area is 316 Å². The minimum absolute atomic E-state index is 0. The van der Waals surface area contributed by atoms with Crippen molar-refractivity contribution >= 4 is 21.9 Å². The van der Waals surface area contributed by atoms with Gasteiger partial charge in [-0.15, -0.1) is 54.1 Å². The molecule has 0 unspecified atom stereocenters. The Balaban J connectivity index is 0.000000186. The van der Waals surface area contributed by atoms with Crippen LogP contribution >= 0.6 is 0 Å². The van der Waals surface area contributed by atoms with Crippen molar-refractivity contribution in [3.05, 3.63) is 149 Å². The third-order valence-electron chi connectivity index (χ3n) is 9.97. The molecule has 0 spiro atoms. The van der Waals surface area contributed by atoms with Crippen LogP contribution in [0, 0.1) is 31.9 Å². The van der Waals surface area contributed by atoms with E-state index < -0.39 is 0 Å². The summed E-state index contributed by atoms with van der Waals surface area (Å²) in [4.78, 5) is 14.1. The molecule has 3 aromatic carbocycles. The van der Waals surface area contributed by atoms with Gasteiger partial charge in [0.2, 0.25) is 0 Å². The zero-order valence-electron chi connectivity index (χ0n) is 30.0. The molecule has 1 aliphatic rings. The standard InChI is InChI=1S/C27H23N2O.C19H22N.Ir/c1-17(2)20-12-13-28-23(16-20)21-10-7-11-22-26-24(15-19-8-5-4-6-9-19)29-18(3)14-25(26)30-27(21)22;1-15-14-20-19(17-10-6-3-7-11-17)13-18(15)12-16-8-4-2-5-9-16;/h4-9,11-14,16-17H,15H2,1-3H3;3,6-7,10,13-14,16H,2,4-5,8-9,12H2,1H3;/q2*-1;. The summed E-state index contributed by atoms with van der Waals surface area (Å²) in [6.45, 7) is 8.58. The van der Waals surface area contributed by atoms with Crippen LogP contribution in [0.1, 0.15) is 85.5 Å². The van der Waals surface area contributed by atoms with E-state index in [0.717, 1.165) is 68.2 Å². The fraction of sp³-hybridized carbons (Fsp3) is 0.283. The second-order valence-corrected chi connectivity index (χ2v) is 14.1. The quantitative estimate of drug-likeness (QED) is 0.150. The Hall–Kier alpha value is -4.44. The van der Waals surface area contributed by atoms with Gasteiger partial charge in [-0.2, -0.15) is 0 Å². The molecule has 4 heterocycles. The van der Waals surface area contributed by atoms with Crippen LogP contribution in [0.25, 0.3) is 44.5 Å². The van der Waals surface area contributed by atoms with E-state index in [1.165, 1.54) is 60.8 Å². The van der Waals surface area contributed by atoms with E-state index in [4.69, 9.17) is 9.40 Å². The van der Waals surface area contributed by atoms with E-state index in [1.54, 1.807) is 0 Å². The molecular formula is C46H45IrN3O-2. The Morgan fingerprint density at radius 2 is 1.63 bits per heavy atom. The maximum atomic E-state index is 6.39. The van der Waals surface area contributed by atoms with Crippen LogP contribution < -0.4 is 0 Å². The smallest absolute Gasteiger partial charge is 0.124 e. The summed E-state index contributed by atoms with van der Waals surface area (Å²) in [7, 11) is 0. The molecule has 1 fully saturated rings. The fourth-order valence-electron chi connectivity index (χ4n) is 7.21. The first-order chi connectivity index (χ1) is 24.4. The number of nitrogens with zero attached hydrogens (tertiary/aromatic N) is 3. The molecule has 7 aromatic rings. The zero-order valence-corrected chi connectivity index (χ0v) is 32.4. The number of pyridine rings is 3. The molecule has 0 atom stereocenters. The van der Waals surface area contributed by atoms with Crippen molar-refractivity contribution in [2.45, 2.75) is 78.6 Å². The summed E-state index contributed by atoms with van der Waals surface area (Å²) in [5.41, 5.74) is 12.9. The maximum absolute atomic E-state index is 6.39. The molecule has 1 saturated carbocycles. The summed E-state index contributed by atoms with van der Waals surface area (Å²) >= 11 is 0. The minimum Gasteiger partial charge on any atom is -0.500 e. The van der Waals surface area contributed by atoms with Gasteiger partial charge < -0.3 is 14.4 Å². The zero-order chi connectivity index (χ0) is 34.5. The van der Waals surface area contributed by atoms with E-state index in [1.807, 2.05) is 55.7 Å². The van der Waals surface area contributed by atoms with Gasteiger partial charge in [0.15, 0.2) is 0 Å². The second-order valence-electron chi connectivity index (χ2n) is 14.1. The average molecular weight is 848 g/mol. The van der Waals surface area contributed by atoms with Crippen molar-refractivity contribution in [1.82, 2.24) is 15.0 Å². The van der Waals surface area contributed by atoms with Gasteiger partial charge in [0.1, 0.15) is 5.58 Å². The van der Waals surface area contributed by atoms with Gasteiger partial charge in [-0.1, -0.05) is 110 Å². The normalized spacial score (nSPS) is 13.2. The van der Waals surface area contributed by atoms with E-state index in [2.05, 4.69) is 97.5 Å². The molecule has 51 heavy (non-hydrogen) atoms. The molecule has 0 bridgehead atoms. The van der Waals surface area contributed by atoms with Crippen LogP contribution in [-0.4, -0.2) is 15.0 Å². The first-order valence-corrected chi connectivity index (χ1v) is 18.1. The van der Waals surface area contributed by atoms with Crippen LogP contribution in [0.15, 0.2) is 108 Å². The van der Waals surface area contributed by atoms with E-state index in [9.17, 15) is 0 Å². The molecule has 0 N–H and O–H groups in total. The summed E-state index contributed by atoms with van der Waals surface area (Å²) in [5, 5.41) is 2.14. The van der Waals surface area contributed by atoms with Crippen molar-refractivity contribution in [2.75, 3.05) is 0 Å². The van der Waals surface area contributed by atoms with Gasteiger partial charge in [-0.25, -0.2) is 0 Å². The van der Waals surface area contributed by atoms with Crippen molar-refractivity contribution in [1.29, 1.82) is 0 Å². The number of furan rings is 1. The first-order valence-electron chi connectivity index (χ1n) is 18.1. The number of benzene rings is 3. The first kappa shape index (κ1) is 36.4. The van der Waals surface area contributed by atoms with Crippen LogP contribution in [0.2, 0.25) is 0 Å². The predicted molar refractivity (Wildman–Crippen MR) is 205 cm³/mol. The molecule has 0 amide bonds. The Bertz CT molecular complexity index is 2200. The Morgan fingerprint density at radius 1 is 0.824 bits per heavy atom. The van der Waals surface area contributed by atoms with Gasteiger partial charge in [-0.3, -0.25) is 4.98 Å². The number of aromatic nitrogens is 3. The van der Waals surface area contributed by atoms with E-state index in [-0.39, 0.29) is 20.1 Å². The van der Waals surface area contributed by atoms with Crippen molar-refractivity contribution in [3.8, 4) is 22.5 Å². The Morgan fingerprint density at radius 3 is 2.39 bits per heavy atom. The summed E-state index contributed by atoms with van der Waals surface area (Å²) in [6, 6.07) is 37.7. The molecule has 0 aliphatic heterocycles. The molecule has 261 valence electrons. The molecule has 5 heteroatoms. The monoisotopic (exact) mass is 848 g/mol. The summed E-state index contributed by atoms with van der Waals surface area (Å²) in [6.07, 6.45) is 12.9. The van der Waals surface area contributed by atoms with Crippen LogP contribution in [0.3, 0.4) is 0 Å². The van der Waals surface area contributed by atoms with Crippen molar-refractivity contribution in [3.63, 3.8) is 0 Å². The molecule has 4 aromatic heterocycles. The molecule has 8 rings (SSSR count). The number of hydrogen-bond donors (Lipinski definition) is 0. The summed E-state index contributed by atoms with van der Waals surface area (Å²) < 4.78 is 6.39. The summed E-state index contributed by atoms with van der Waals surface area (Å²) in [5.74, 6) is 1.31. The number of rotatable bonds is 7. The molecule has 1 aliphatic carbocycles.